The maximum Gasteiger partial charge on any atom is 0.208 e. The van der Waals surface area contributed by atoms with Gasteiger partial charge in [0.1, 0.15) is 11.8 Å². The minimum atomic E-state index is 0.0500. The lowest BCUT2D eigenvalue weighted by Crippen LogP contribution is -2.38. The van der Waals surface area contributed by atoms with Crippen LogP contribution in [0.1, 0.15) is 11.7 Å². The van der Waals surface area contributed by atoms with Gasteiger partial charge in [-0.3, -0.25) is 4.98 Å². The van der Waals surface area contributed by atoms with Crippen LogP contribution >= 0.6 is 27.3 Å². The molecule has 122 valence electrons. The summed E-state index contributed by atoms with van der Waals surface area (Å²) < 4.78 is 7.01. The van der Waals surface area contributed by atoms with Gasteiger partial charge in [0.25, 0.3) is 0 Å². The quantitative estimate of drug-likeness (QED) is 0.663. The van der Waals surface area contributed by atoms with Crippen LogP contribution in [0.25, 0.3) is 10.7 Å². The highest BCUT2D eigenvalue weighted by atomic mass is 79.9. The highest BCUT2D eigenvalue weighted by Crippen LogP contribution is 2.31. The molecular weight excluding hydrogens is 388 g/mol. The summed E-state index contributed by atoms with van der Waals surface area (Å²) in [4.78, 5) is 6.57. The smallest absolute Gasteiger partial charge is 0.208 e. The lowest BCUT2D eigenvalue weighted by molar-refractivity contribution is 0.0397. The second kappa shape index (κ2) is 6.96. The predicted octanol–water partition coefficient (Wildman–Crippen LogP) is 3.94. The van der Waals surface area contributed by atoms with Gasteiger partial charge in [0.15, 0.2) is 5.01 Å². The van der Waals surface area contributed by atoms with E-state index in [4.69, 9.17) is 4.74 Å². The maximum absolute atomic E-state index is 5.93. The molecule has 1 unspecified atom stereocenters. The number of pyridine rings is 1. The van der Waals surface area contributed by atoms with Crippen LogP contribution in [0.3, 0.4) is 0 Å². The van der Waals surface area contributed by atoms with Gasteiger partial charge in [0, 0.05) is 17.2 Å². The van der Waals surface area contributed by atoms with Crippen molar-refractivity contribution in [1.29, 1.82) is 0 Å². The number of morpholine rings is 1. The van der Waals surface area contributed by atoms with E-state index in [9.17, 15) is 0 Å². The van der Waals surface area contributed by atoms with E-state index in [1.54, 1.807) is 17.5 Å². The summed E-state index contributed by atoms with van der Waals surface area (Å²) in [5.74, 6) is 0. The van der Waals surface area contributed by atoms with Crippen molar-refractivity contribution in [2.75, 3.05) is 24.6 Å². The summed E-state index contributed by atoms with van der Waals surface area (Å²) in [6.45, 7) is 2.28. The van der Waals surface area contributed by atoms with Crippen molar-refractivity contribution in [3.05, 3.63) is 58.7 Å². The third-order valence-electron chi connectivity index (χ3n) is 3.88. The van der Waals surface area contributed by atoms with Gasteiger partial charge in [0.2, 0.25) is 5.13 Å². The van der Waals surface area contributed by atoms with Gasteiger partial charge in [-0.15, -0.1) is 10.2 Å². The van der Waals surface area contributed by atoms with Gasteiger partial charge in [0.05, 0.1) is 13.2 Å². The van der Waals surface area contributed by atoms with Crippen molar-refractivity contribution in [2.24, 2.45) is 0 Å². The number of hydrogen-bond acceptors (Lipinski definition) is 6. The molecule has 4 rings (SSSR count). The molecule has 2 aromatic heterocycles. The Morgan fingerprint density at radius 2 is 2.00 bits per heavy atom. The van der Waals surface area contributed by atoms with E-state index in [0.29, 0.717) is 6.61 Å². The Morgan fingerprint density at radius 3 is 2.79 bits per heavy atom. The van der Waals surface area contributed by atoms with E-state index in [2.05, 4.69) is 48.1 Å². The Morgan fingerprint density at radius 1 is 1.12 bits per heavy atom. The van der Waals surface area contributed by atoms with Crippen LogP contribution in [0.5, 0.6) is 0 Å². The fourth-order valence-electron chi connectivity index (χ4n) is 2.64. The molecule has 1 fully saturated rings. The first-order valence-corrected chi connectivity index (χ1v) is 9.27. The van der Waals surface area contributed by atoms with Crippen molar-refractivity contribution < 1.29 is 4.74 Å². The van der Waals surface area contributed by atoms with Gasteiger partial charge in [-0.25, -0.2) is 0 Å². The molecule has 0 bridgehead atoms. The number of ether oxygens (including phenoxy) is 1. The van der Waals surface area contributed by atoms with Gasteiger partial charge in [-0.2, -0.15) is 0 Å². The molecule has 1 atom stereocenters. The van der Waals surface area contributed by atoms with Crippen molar-refractivity contribution in [3.8, 4) is 10.7 Å². The molecule has 5 nitrogen and oxygen atoms in total. The third-order valence-corrected chi connectivity index (χ3v) is 5.41. The molecule has 1 saturated heterocycles. The van der Waals surface area contributed by atoms with Crippen molar-refractivity contribution in [2.45, 2.75) is 6.10 Å². The van der Waals surface area contributed by atoms with E-state index in [0.717, 1.165) is 33.4 Å². The lowest BCUT2D eigenvalue weighted by atomic mass is 10.1. The molecule has 0 amide bonds. The average molecular weight is 403 g/mol. The largest absolute Gasteiger partial charge is 0.370 e. The van der Waals surface area contributed by atoms with Crippen LogP contribution in [-0.4, -0.2) is 34.9 Å². The van der Waals surface area contributed by atoms with E-state index >= 15 is 0 Å². The van der Waals surface area contributed by atoms with Crippen LogP contribution < -0.4 is 4.90 Å². The lowest BCUT2D eigenvalue weighted by Gasteiger charge is -2.32. The maximum atomic E-state index is 5.93. The van der Waals surface area contributed by atoms with Gasteiger partial charge >= 0.3 is 0 Å². The molecule has 0 radical (unpaired) electrons. The topological polar surface area (TPSA) is 51.1 Å². The Bertz CT molecular complexity index is 809. The SMILES string of the molecule is Brc1ccc(C2CN(c3nnc(-c4ccccn4)s3)CCO2)cc1. The Labute approximate surface area is 152 Å². The van der Waals surface area contributed by atoms with Crippen LogP contribution in [0.2, 0.25) is 0 Å². The van der Waals surface area contributed by atoms with E-state index < -0.39 is 0 Å². The molecule has 3 aromatic rings. The first-order chi connectivity index (χ1) is 11.8. The van der Waals surface area contributed by atoms with Crippen LogP contribution in [0.4, 0.5) is 5.13 Å². The Hall–Kier alpha value is -1.83. The second-order valence-electron chi connectivity index (χ2n) is 5.46. The molecule has 0 aliphatic carbocycles. The summed E-state index contributed by atoms with van der Waals surface area (Å²) in [6, 6.07) is 14.1. The molecule has 0 saturated carbocycles. The number of halogens is 1. The number of hydrogen-bond donors (Lipinski definition) is 0. The zero-order chi connectivity index (χ0) is 16.4. The minimum absolute atomic E-state index is 0.0500. The van der Waals surface area contributed by atoms with Crippen LogP contribution in [0.15, 0.2) is 53.1 Å². The monoisotopic (exact) mass is 402 g/mol. The van der Waals surface area contributed by atoms with Gasteiger partial charge in [-0.05, 0) is 29.8 Å². The number of rotatable bonds is 3. The summed E-state index contributed by atoms with van der Waals surface area (Å²) in [7, 11) is 0. The standard InChI is InChI=1S/C17H15BrN4OS/c18-13-6-4-12(5-7-13)15-11-22(9-10-23-15)17-21-20-16(24-17)14-3-1-2-8-19-14/h1-8,15H,9-11H2. The zero-order valence-electron chi connectivity index (χ0n) is 12.8. The molecule has 1 aliphatic rings. The number of benzene rings is 1. The van der Waals surface area contributed by atoms with E-state index in [1.165, 1.54) is 5.56 Å². The normalized spacial score (nSPS) is 17.9. The number of nitrogens with zero attached hydrogens (tertiary/aromatic N) is 4. The Kier molecular flexibility index (Phi) is 4.55. The average Bonchev–Trinajstić information content (AvgIpc) is 3.13. The molecular formula is C17H15BrN4OS. The Balaban J connectivity index is 1.52. The van der Waals surface area contributed by atoms with Crippen LogP contribution in [-0.2, 0) is 4.74 Å². The highest BCUT2D eigenvalue weighted by molar-refractivity contribution is 9.10. The van der Waals surface area contributed by atoms with Crippen LogP contribution in [0, 0.1) is 0 Å². The van der Waals surface area contributed by atoms with E-state index in [1.807, 2.05) is 30.3 Å². The zero-order valence-corrected chi connectivity index (χ0v) is 15.2. The fraction of sp³-hybridized carbons (Fsp3) is 0.235. The predicted molar refractivity (Wildman–Crippen MR) is 98.2 cm³/mol. The summed E-state index contributed by atoms with van der Waals surface area (Å²) in [5, 5.41) is 10.4. The molecule has 1 aliphatic heterocycles. The molecule has 0 spiro atoms. The van der Waals surface area contributed by atoms with Gasteiger partial charge in [-0.1, -0.05) is 45.5 Å². The van der Waals surface area contributed by atoms with Gasteiger partial charge < -0.3 is 9.64 Å². The first kappa shape index (κ1) is 15.7. The number of anilines is 1. The summed E-state index contributed by atoms with van der Waals surface area (Å²) in [5.41, 5.74) is 2.04. The molecule has 24 heavy (non-hydrogen) atoms. The molecule has 1 aromatic carbocycles. The highest BCUT2D eigenvalue weighted by Gasteiger charge is 2.24. The third kappa shape index (κ3) is 3.33. The van der Waals surface area contributed by atoms with Crippen molar-refractivity contribution in [1.82, 2.24) is 15.2 Å². The number of aromatic nitrogens is 3. The van der Waals surface area contributed by atoms with Crippen molar-refractivity contribution >= 4 is 32.4 Å². The second-order valence-corrected chi connectivity index (χ2v) is 7.33. The molecule has 3 heterocycles. The van der Waals surface area contributed by atoms with Crippen molar-refractivity contribution in [3.63, 3.8) is 0 Å². The first-order valence-electron chi connectivity index (χ1n) is 7.66. The molecule has 0 N–H and O–H groups in total. The molecule has 7 heteroatoms. The summed E-state index contributed by atoms with van der Waals surface area (Å²) >= 11 is 5.04. The van der Waals surface area contributed by atoms with E-state index in [-0.39, 0.29) is 6.10 Å². The summed E-state index contributed by atoms with van der Waals surface area (Å²) in [6.07, 6.45) is 1.82. The fourth-order valence-corrected chi connectivity index (χ4v) is 3.76. The minimum Gasteiger partial charge on any atom is -0.370 e.